The van der Waals surface area contributed by atoms with Gasteiger partial charge in [-0.15, -0.1) is 0 Å². The molecule has 2 aromatic carbocycles. The first-order chi connectivity index (χ1) is 14.3. The summed E-state index contributed by atoms with van der Waals surface area (Å²) in [4.78, 5) is 15.1. The van der Waals surface area contributed by atoms with Gasteiger partial charge in [-0.25, -0.2) is 0 Å². The fourth-order valence-corrected chi connectivity index (χ4v) is 5.04. The van der Waals surface area contributed by atoms with E-state index >= 15 is 0 Å². The van der Waals surface area contributed by atoms with Gasteiger partial charge in [-0.3, -0.25) is 9.69 Å². The Hall–Kier alpha value is -1.06. The molecule has 0 N–H and O–H groups in total. The van der Waals surface area contributed by atoms with Crippen LogP contribution in [0.1, 0.15) is 25.8 Å². The number of amides is 1. The van der Waals surface area contributed by atoms with E-state index in [0.717, 1.165) is 20.9 Å². The van der Waals surface area contributed by atoms with Crippen LogP contribution in [0, 0.1) is 0 Å². The smallest absolute Gasteiger partial charge is 0.270 e. The number of carbonyl (C=O) groups excluding carboxylic acids is 1. The molecule has 158 valence electrons. The Morgan fingerprint density at radius 1 is 1.17 bits per heavy atom. The van der Waals surface area contributed by atoms with Crippen molar-refractivity contribution in [3.8, 4) is 11.5 Å². The summed E-state index contributed by atoms with van der Waals surface area (Å²) in [5.41, 5.74) is 1.44. The fraction of sp³-hybridized carbons (Fsp3) is 0.238. The van der Waals surface area contributed by atoms with E-state index in [1.165, 1.54) is 16.7 Å². The van der Waals surface area contributed by atoms with Crippen LogP contribution in [0.15, 0.2) is 44.2 Å². The van der Waals surface area contributed by atoms with Crippen LogP contribution in [0.5, 0.6) is 11.5 Å². The van der Waals surface area contributed by atoms with Crippen LogP contribution in [0.4, 0.5) is 5.69 Å². The second-order valence-corrected chi connectivity index (χ2v) is 10.0. The number of anilines is 1. The van der Waals surface area contributed by atoms with E-state index in [1.54, 1.807) is 24.3 Å². The summed E-state index contributed by atoms with van der Waals surface area (Å²) in [6.07, 6.45) is 2.69. The number of nitrogens with zero attached hydrogens (tertiary/aromatic N) is 1. The van der Waals surface area contributed by atoms with Gasteiger partial charge in [0.1, 0.15) is 0 Å². The molecule has 1 fully saturated rings. The molecule has 4 nitrogen and oxygen atoms in total. The molecule has 30 heavy (non-hydrogen) atoms. The maximum atomic E-state index is 13.0. The van der Waals surface area contributed by atoms with Crippen LogP contribution >= 0.6 is 67.4 Å². The Morgan fingerprint density at radius 2 is 1.93 bits per heavy atom. The standard InChI is InChI=1S/C21H18Br2ClNO3S2/c1-3-7-28-19-15(23)8-12(9-17(19)27-4-2)10-18-20(26)25(21(29)30-18)13-5-6-14(22)16(24)11-13/h5-6,8-11H,3-4,7H2,1-2H3/b18-10-. The lowest BCUT2D eigenvalue weighted by molar-refractivity contribution is -0.113. The quantitative estimate of drug-likeness (QED) is 0.247. The number of thiocarbonyl (C=S) groups is 1. The van der Waals surface area contributed by atoms with Crippen molar-refractivity contribution in [3.05, 3.63) is 54.8 Å². The minimum Gasteiger partial charge on any atom is -0.490 e. The topological polar surface area (TPSA) is 38.8 Å². The maximum Gasteiger partial charge on any atom is 0.270 e. The Bertz CT molecular complexity index is 1030. The van der Waals surface area contributed by atoms with Gasteiger partial charge >= 0.3 is 0 Å². The molecular formula is C21H18Br2ClNO3S2. The SMILES string of the molecule is CCCOc1c(Br)cc(/C=C2\SC(=S)N(c3ccc(Br)c(Cl)c3)C2=O)cc1OCC. The molecule has 0 saturated carbocycles. The summed E-state index contributed by atoms with van der Waals surface area (Å²) in [5.74, 6) is 1.10. The van der Waals surface area contributed by atoms with E-state index in [-0.39, 0.29) is 5.91 Å². The molecule has 3 rings (SSSR count). The number of carbonyl (C=O) groups is 1. The van der Waals surface area contributed by atoms with Crippen molar-refractivity contribution in [3.63, 3.8) is 0 Å². The third kappa shape index (κ3) is 5.22. The molecule has 0 radical (unpaired) electrons. The zero-order chi connectivity index (χ0) is 21.8. The van der Waals surface area contributed by atoms with E-state index in [1.807, 2.05) is 26.0 Å². The predicted molar refractivity (Wildman–Crippen MR) is 136 cm³/mol. The third-order valence-electron chi connectivity index (χ3n) is 4.04. The molecule has 0 aromatic heterocycles. The van der Waals surface area contributed by atoms with Gasteiger partial charge in [-0.1, -0.05) is 42.5 Å². The lowest BCUT2D eigenvalue weighted by atomic mass is 10.1. The van der Waals surface area contributed by atoms with Gasteiger partial charge in [0.25, 0.3) is 5.91 Å². The largest absolute Gasteiger partial charge is 0.490 e. The van der Waals surface area contributed by atoms with Crippen molar-refractivity contribution < 1.29 is 14.3 Å². The van der Waals surface area contributed by atoms with E-state index in [9.17, 15) is 4.79 Å². The first-order valence-electron chi connectivity index (χ1n) is 9.17. The summed E-state index contributed by atoms with van der Waals surface area (Å²) >= 11 is 19.8. The monoisotopic (exact) mass is 589 g/mol. The van der Waals surface area contributed by atoms with Crippen molar-refractivity contribution in [1.82, 2.24) is 0 Å². The number of halogens is 3. The van der Waals surface area contributed by atoms with E-state index in [4.69, 9.17) is 33.3 Å². The van der Waals surface area contributed by atoms with Crippen LogP contribution in [-0.2, 0) is 4.79 Å². The zero-order valence-corrected chi connectivity index (χ0v) is 21.8. The zero-order valence-electron chi connectivity index (χ0n) is 16.2. The molecular weight excluding hydrogens is 574 g/mol. The Balaban J connectivity index is 1.94. The van der Waals surface area contributed by atoms with Crippen molar-refractivity contribution >= 4 is 89.4 Å². The van der Waals surface area contributed by atoms with Gasteiger partial charge in [0.2, 0.25) is 0 Å². The molecule has 1 aliphatic rings. The Kier molecular flexibility index (Phi) is 8.26. The highest BCUT2D eigenvalue weighted by atomic mass is 79.9. The summed E-state index contributed by atoms with van der Waals surface area (Å²) < 4.78 is 13.5. The van der Waals surface area contributed by atoms with Gasteiger partial charge in [0, 0.05) is 4.47 Å². The molecule has 0 spiro atoms. The predicted octanol–water partition coefficient (Wildman–Crippen LogP) is 7.46. The normalized spacial score (nSPS) is 15.2. The minimum atomic E-state index is -0.191. The van der Waals surface area contributed by atoms with Gasteiger partial charge in [0.05, 0.1) is 33.3 Å². The molecule has 9 heteroatoms. The molecule has 0 unspecified atom stereocenters. The molecule has 0 bridgehead atoms. The average Bonchev–Trinajstić information content (AvgIpc) is 2.97. The molecule has 1 amide bonds. The number of rotatable bonds is 7. The number of benzene rings is 2. The molecule has 0 atom stereocenters. The van der Waals surface area contributed by atoms with Crippen LogP contribution in [-0.4, -0.2) is 23.4 Å². The van der Waals surface area contributed by atoms with E-state index < -0.39 is 0 Å². The lowest BCUT2D eigenvalue weighted by Crippen LogP contribution is -2.27. The number of ether oxygens (including phenoxy) is 2. The van der Waals surface area contributed by atoms with Crippen LogP contribution in [0.25, 0.3) is 6.08 Å². The first-order valence-corrected chi connectivity index (χ1v) is 12.4. The van der Waals surface area contributed by atoms with Crippen LogP contribution in [0.3, 0.4) is 0 Å². The second kappa shape index (κ2) is 10.5. The highest BCUT2D eigenvalue weighted by molar-refractivity contribution is 9.10. The highest BCUT2D eigenvalue weighted by Crippen LogP contribution is 2.41. The van der Waals surface area contributed by atoms with Crippen molar-refractivity contribution in [1.29, 1.82) is 0 Å². The second-order valence-electron chi connectivity index (χ2n) is 6.23. The van der Waals surface area contributed by atoms with Crippen molar-refractivity contribution in [2.45, 2.75) is 20.3 Å². The third-order valence-corrected chi connectivity index (χ3v) is 7.16. The lowest BCUT2D eigenvalue weighted by Gasteiger charge is -2.15. The number of hydrogen-bond donors (Lipinski definition) is 0. The maximum absolute atomic E-state index is 13.0. The first kappa shape index (κ1) is 23.6. The van der Waals surface area contributed by atoms with Crippen molar-refractivity contribution in [2.75, 3.05) is 18.1 Å². The molecule has 1 saturated heterocycles. The summed E-state index contributed by atoms with van der Waals surface area (Å²) in [7, 11) is 0. The van der Waals surface area contributed by atoms with E-state index in [2.05, 4.69) is 31.9 Å². The molecule has 0 aliphatic carbocycles. The highest BCUT2D eigenvalue weighted by Gasteiger charge is 2.33. The fourth-order valence-electron chi connectivity index (χ4n) is 2.74. The van der Waals surface area contributed by atoms with Crippen LogP contribution in [0.2, 0.25) is 5.02 Å². The summed E-state index contributed by atoms with van der Waals surface area (Å²) in [5, 5.41) is 0.512. The molecule has 1 aliphatic heterocycles. The van der Waals surface area contributed by atoms with Gasteiger partial charge in [0.15, 0.2) is 15.8 Å². The number of thioether (sulfide) groups is 1. The van der Waals surface area contributed by atoms with Gasteiger partial charge < -0.3 is 9.47 Å². The van der Waals surface area contributed by atoms with Crippen molar-refractivity contribution in [2.24, 2.45) is 0 Å². The van der Waals surface area contributed by atoms with Gasteiger partial charge in [-0.2, -0.15) is 0 Å². The van der Waals surface area contributed by atoms with Crippen LogP contribution < -0.4 is 14.4 Å². The Labute approximate surface area is 207 Å². The number of hydrogen-bond acceptors (Lipinski definition) is 5. The average molecular weight is 592 g/mol. The van der Waals surface area contributed by atoms with E-state index in [0.29, 0.717) is 44.6 Å². The summed E-state index contributed by atoms with van der Waals surface area (Å²) in [6, 6.07) is 9.07. The minimum absolute atomic E-state index is 0.191. The van der Waals surface area contributed by atoms with Gasteiger partial charge in [-0.05, 0) is 87.2 Å². The molecule has 2 aromatic rings. The summed E-state index contributed by atoms with van der Waals surface area (Å²) in [6.45, 7) is 5.05. The molecule has 1 heterocycles. The Morgan fingerprint density at radius 3 is 2.60 bits per heavy atom.